The summed E-state index contributed by atoms with van der Waals surface area (Å²) in [4.78, 5) is 29.9. The second kappa shape index (κ2) is 8.92. The van der Waals surface area contributed by atoms with E-state index in [0.717, 1.165) is 69.3 Å². The SMILES string of the molecule is O=C1CCc2c(ncnc2N2CCC(c3nc(Cl)c(Cl)n3CCN3CCCC3)CC2)N1. The molecule has 0 aromatic carbocycles. The number of carbonyl (C=O) groups is 1. The van der Waals surface area contributed by atoms with Crippen LogP contribution in [0.15, 0.2) is 6.33 Å². The van der Waals surface area contributed by atoms with E-state index in [-0.39, 0.29) is 5.91 Å². The van der Waals surface area contributed by atoms with Crippen molar-refractivity contribution in [2.24, 2.45) is 0 Å². The monoisotopic (exact) mass is 463 g/mol. The lowest BCUT2D eigenvalue weighted by Crippen LogP contribution is -2.36. The predicted molar refractivity (Wildman–Crippen MR) is 121 cm³/mol. The van der Waals surface area contributed by atoms with Gasteiger partial charge in [-0.3, -0.25) is 4.79 Å². The lowest BCUT2D eigenvalue weighted by molar-refractivity contribution is -0.116. The molecule has 5 heterocycles. The molecule has 2 aromatic rings. The van der Waals surface area contributed by atoms with Gasteiger partial charge in [-0.15, -0.1) is 0 Å². The molecule has 8 nitrogen and oxygen atoms in total. The van der Waals surface area contributed by atoms with Crippen LogP contribution in [0.2, 0.25) is 10.3 Å². The number of likely N-dealkylation sites (tertiary alicyclic amines) is 1. The molecule has 2 saturated heterocycles. The van der Waals surface area contributed by atoms with Gasteiger partial charge in [0.1, 0.15) is 28.9 Å². The van der Waals surface area contributed by atoms with Gasteiger partial charge < -0.3 is 19.7 Å². The van der Waals surface area contributed by atoms with Crippen LogP contribution in [0, 0.1) is 0 Å². The molecule has 0 bridgehead atoms. The number of nitrogens with zero attached hydrogens (tertiary/aromatic N) is 6. The first kappa shape index (κ1) is 21.0. The van der Waals surface area contributed by atoms with Gasteiger partial charge in [0.2, 0.25) is 5.91 Å². The Morgan fingerprint density at radius 3 is 2.58 bits per heavy atom. The molecule has 31 heavy (non-hydrogen) atoms. The van der Waals surface area contributed by atoms with Crippen molar-refractivity contribution in [3.05, 3.63) is 28.0 Å². The maximum atomic E-state index is 11.7. The number of anilines is 2. The minimum Gasteiger partial charge on any atom is -0.356 e. The van der Waals surface area contributed by atoms with E-state index in [4.69, 9.17) is 23.2 Å². The Balaban J connectivity index is 1.28. The Kier molecular flexibility index (Phi) is 6.03. The Bertz CT molecular complexity index is 965. The molecule has 3 aliphatic rings. The predicted octanol–water partition coefficient (Wildman–Crippen LogP) is 3.34. The standard InChI is InChI=1S/C21H27Cl2N7O/c22-17-18(23)30(12-11-28-7-1-2-8-28)20(27-17)14-5-9-29(10-6-14)21-15-3-4-16(31)26-19(15)24-13-25-21/h13-14H,1-12H2,(H,24,25,26,31). The van der Waals surface area contributed by atoms with Crippen LogP contribution in [0.1, 0.15) is 49.4 Å². The van der Waals surface area contributed by atoms with Crippen LogP contribution in [0.5, 0.6) is 0 Å². The number of carbonyl (C=O) groups excluding carboxylic acids is 1. The van der Waals surface area contributed by atoms with Gasteiger partial charge in [-0.2, -0.15) is 0 Å². The topological polar surface area (TPSA) is 79.2 Å². The number of halogens is 2. The largest absolute Gasteiger partial charge is 0.356 e. The van der Waals surface area contributed by atoms with E-state index in [1.807, 2.05) is 0 Å². The van der Waals surface area contributed by atoms with Crippen molar-refractivity contribution in [3.63, 3.8) is 0 Å². The van der Waals surface area contributed by atoms with Gasteiger partial charge in [0.05, 0.1) is 0 Å². The first-order valence-corrected chi connectivity index (χ1v) is 11.9. The number of imidazole rings is 1. The van der Waals surface area contributed by atoms with E-state index >= 15 is 0 Å². The van der Waals surface area contributed by atoms with Crippen molar-refractivity contribution in [1.82, 2.24) is 24.4 Å². The third-order valence-electron chi connectivity index (χ3n) is 6.68. The molecule has 0 saturated carbocycles. The molecular weight excluding hydrogens is 437 g/mol. The average Bonchev–Trinajstić information content (AvgIpc) is 3.40. The summed E-state index contributed by atoms with van der Waals surface area (Å²) in [6.07, 6.45) is 7.17. The van der Waals surface area contributed by atoms with Crippen LogP contribution >= 0.6 is 23.2 Å². The van der Waals surface area contributed by atoms with Crippen LogP contribution in [0.4, 0.5) is 11.6 Å². The molecule has 0 radical (unpaired) electrons. The van der Waals surface area contributed by atoms with Crippen LogP contribution in [-0.4, -0.2) is 63.0 Å². The Labute approximate surface area is 191 Å². The minimum atomic E-state index is 0.0189. The van der Waals surface area contributed by atoms with Gasteiger partial charge in [-0.1, -0.05) is 23.2 Å². The van der Waals surface area contributed by atoms with Crippen molar-refractivity contribution in [3.8, 4) is 0 Å². The van der Waals surface area contributed by atoms with E-state index < -0.39 is 0 Å². The van der Waals surface area contributed by atoms with Crippen LogP contribution < -0.4 is 10.2 Å². The van der Waals surface area contributed by atoms with E-state index in [0.29, 0.717) is 34.9 Å². The summed E-state index contributed by atoms with van der Waals surface area (Å²) in [5, 5.41) is 3.82. The molecule has 0 spiro atoms. The first-order chi connectivity index (χ1) is 15.1. The van der Waals surface area contributed by atoms with E-state index in [9.17, 15) is 4.79 Å². The zero-order valence-electron chi connectivity index (χ0n) is 17.5. The normalized spacial score (nSPS) is 20.2. The molecule has 0 atom stereocenters. The summed E-state index contributed by atoms with van der Waals surface area (Å²) in [6, 6.07) is 0. The maximum absolute atomic E-state index is 11.7. The number of hydrogen-bond acceptors (Lipinski definition) is 6. The molecule has 10 heteroatoms. The van der Waals surface area contributed by atoms with Gasteiger partial charge in [0.15, 0.2) is 5.15 Å². The molecule has 166 valence electrons. The Morgan fingerprint density at radius 2 is 1.81 bits per heavy atom. The first-order valence-electron chi connectivity index (χ1n) is 11.1. The number of fused-ring (bicyclic) bond motifs is 1. The minimum absolute atomic E-state index is 0.0189. The third kappa shape index (κ3) is 4.25. The molecule has 1 N–H and O–H groups in total. The van der Waals surface area contributed by atoms with Crippen LogP contribution in [0.3, 0.4) is 0 Å². The number of hydrogen-bond donors (Lipinski definition) is 1. The molecule has 0 aliphatic carbocycles. The summed E-state index contributed by atoms with van der Waals surface area (Å²) < 4.78 is 2.12. The van der Waals surface area contributed by atoms with Crippen molar-refractivity contribution in [2.45, 2.75) is 51.0 Å². The van der Waals surface area contributed by atoms with Gasteiger partial charge in [-0.25, -0.2) is 15.0 Å². The number of nitrogens with one attached hydrogen (secondary N) is 1. The summed E-state index contributed by atoms with van der Waals surface area (Å²) in [5.41, 5.74) is 1.04. The van der Waals surface area contributed by atoms with Gasteiger partial charge >= 0.3 is 0 Å². The van der Waals surface area contributed by atoms with Crippen LogP contribution in [-0.2, 0) is 17.8 Å². The van der Waals surface area contributed by atoms with Crippen molar-refractivity contribution < 1.29 is 4.79 Å². The second-order valence-corrected chi connectivity index (χ2v) is 9.30. The molecule has 5 rings (SSSR count). The molecule has 3 aliphatic heterocycles. The lowest BCUT2D eigenvalue weighted by Gasteiger charge is -2.34. The molecule has 2 aromatic heterocycles. The summed E-state index contributed by atoms with van der Waals surface area (Å²) in [7, 11) is 0. The summed E-state index contributed by atoms with van der Waals surface area (Å²) >= 11 is 12.8. The number of rotatable bonds is 5. The highest BCUT2D eigenvalue weighted by atomic mass is 35.5. The van der Waals surface area contributed by atoms with Gasteiger partial charge in [0.25, 0.3) is 0 Å². The number of amides is 1. The van der Waals surface area contributed by atoms with Crippen molar-refractivity contribution >= 4 is 40.7 Å². The van der Waals surface area contributed by atoms with Crippen molar-refractivity contribution in [2.75, 3.05) is 42.9 Å². The van der Waals surface area contributed by atoms with Crippen LogP contribution in [0.25, 0.3) is 0 Å². The van der Waals surface area contributed by atoms with E-state index in [1.54, 1.807) is 0 Å². The van der Waals surface area contributed by atoms with Gasteiger partial charge in [-0.05, 0) is 45.2 Å². The molecule has 0 unspecified atom stereocenters. The van der Waals surface area contributed by atoms with E-state index in [2.05, 4.69) is 34.6 Å². The molecular formula is C21H27Cl2N7O. The highest BCUT2D eigenvalue weighted by Crippen LogP contribution is 2.36. The lowest BCUT2D eigenvalue weighted by atomic mass is 9.95. The quantitative estimate of drug-likeness (QED) is 0.732. The third-order valence-corrected chi connectivity index (χ3v) is 7.42. The fourth-order valence-electron chi connectivity index (χ4n) is 4.99. The number of piperidine rings is 1. The second-order valence-electron chi connectivity index (χ2n) is 8.59. The fourth-order valence-corrected chi connectivity index (χ4v) is 5.39. The molecule has 2 fully saturated rings. The highest BCUT2D eigenvalue weighted by molar-refractivity contribution is 6.40. The summed E-state index contributed by atoms with van der Waals surface area (Å²) in [6.45, 7) is 5.88. The smallest absolute Gasteiger partial charge is 0.225 e. The van der Waals surface area contributed by atoms with Gasteiger partial charge in [0, 0.05) is 44.1 Å². The molecule has 1 amide bonds. The zero-order chi connectivity index (χ0) is 21.4. The number of aromatic nitrogens is 4. The Morgan fingerprint density at radius 1 is 1.03 bits per heavy atom. The van der Waals surface area contributed by atoms with Crippen molar-refractivity contribution in [1.29, 1.82) is 0 Å². The summed E-state index contributed by atoms with van der Waals surface area (Å²) in [5.74, 6) is 2.93. The maximum Gasteiger partial charge on any atom is 0.225 e. The average molecular weight is 464 g/mol. The highest BCUT2D eigenvalue weighted by Gasteiger charge is 2.30. The van der Waals surface area contributed by atoms with E-state index in [1.165, 1.54) is 19.2 Å². The fraction of sp³-hybridized carbons (Fsp3) is 0.619. The zero-order valence-corrected chi connectivity index (χ0v) is 19.0. The Hall–Kier alpha value is -1.90.